The van der Waals surface area contributed by atoms with Crippen LogP contribution in [-0.2, 0) is 6.42 Å². The second-order valence-electron chi connectivity index (χ2n) is 3.39. The largest absolute Gasteiger partial charge is 0.392 e. The van der Waals surface area contributed by atoms with Gasteiger partial charge < -0.3 is 5.11 Å². The molecule has 0 aliphatic rings. The van der Waals surface area contributed by atoms with E-state index in [2.05, 4.69) is 15.9 Å². The van der Waals surface area contributed by atoms with Gasteiger partial charge >= 0.3 is 6.18 Å². The number of alkyl halides is 3. The van der Waals surface area contributed by atoms with Gasteiger partial charge in [-0.1, -0.05) is 12.1 Å². The highest BCUT2D eigenvalue weighted by molar-refractivity contribution is 9.10. The van der Waals surface area contributed by atoms with E-state index >= 15 is 0 Å². The van der Waals surface area contributed by atoms with E-state index in [9.17, 15) is 22.7 Å². The minimum atomic E-state index is -4.42. The molecule has 0 bridgehead atoms. The molecule has 0 aromatic heterocycles. The molecule has 1 atom stereocenters. The molecular weight excluding hydrogens is 292 g/mol. The summed E-state index contributed by atoms with van der Waals surface area (Å²) in [7, 11) is 0. The van der Waals surface area contributed by atoms with Crippen LogP contribution in [0, 0.1) is 5.82 Å². The van der Waals surface area contributed by atoms with Gasteiger partial charge in [-0.25, -0.2) is 4.39 Å². The molecule has 0 aliphatic heterocycles. The summed E-state index contributed by atoms with van der Waals surface area (Å²) in [5, 5.41) is 9.19. The highest BCUT2D eigenvalue weighted by Crippen LogP contribution is 2.26. The van der Waals surface area contributed by atoms with Crippen molar-refractivity contribution in [1.29, 1.82) is 0 Å². The molecule has 0 amide bonds. The van der Waals surface area contributed by atoms with Gasteiger partial charge in [0.1, 0.15) is 5.82 Å². The van der Waals surface area contributed by atoms with Crippen molar-refractivity contribution in [3.63, 3.8) is 0 Å². The van der Waals surface area contributed by atoms with Crippen LogP contribution >= 0.6 is 15.9 Å². The first-order chi connectivity index (χ1) is 7.29. The molecule has 0 saturated heterocycles. The van der Waals surface area contributed by atoms with Crippen LogP contribution in [0.25, 0.3) is 0 Å². The van der Waals surface area contributed by atoms with Gasteiger partial charge in [-0.15, -0.1) is 0 Å². The van der Waals surface area contributed by atoms with Crippen molar-refractivity contribution < 1.29 is 22.7 Å². The molecule has 0 spiro atoms. The fourth-order valence-corrected chi connectivity index (χ4v) is 1.73. The maximum absolute atomic E-state index is 13.0. The van der Waals surface area contributed by atoms with Gasteiger partial charge in [0.2, 0.25) is 0 Å². The standard InChI is InChI=1S/C10H9BrF4O/c11-9-6(2-1-3-8(9)12)4-7(16)5-10(13,14)15/h1-3,7,16H,4-5H2. The molecule has 0 saturated carbocycles. The van der Waals surface area contributed by atoms with Crippen molar-refractivity contribution in [3.8, 4) is 0 Å². The van der Waals surface area contributed by atoms with Crippen molar-refractivity contribution in [1.82, 2.24) is 0 Å². The van der Waals surface area contributed by atoms with E-state index in [1.165, 1.54) is 18.2 Å². The van der Waals surface area contributed by atoms with Crippen molar-refractivity contribution in [2.75, 3.05) is 0 Å². The first-order valence-corrected chi connectivity index (χ1v) is 5.26. The smallest absolute Gasteiger partial charge is 0.391 e. The normalized spacial score (nSPS) is 13.9. The van der Waals surface area contributed by atoms with Gasteiger partial charge in [0.15, 0.2) is 0 Å². The first-order valence-electron chi connectivity index (χ1n) is 4.47. The Labute approximate surface area is 98.2 Å². The zero-order valence-corrected chi connectivity index (χ0v) is 9.65. The Hall–Kier alpha value is -0.620. The number of halogens is 5. The Kier molecular flexibility index (Phi) is 4.32. The third kappa shape index (κ3) is 4.09. The minimum Gasteiger partial charge on any atom is -0.392 e. The number of aliphatic hydroxyl groups excluding tert-OH is 1. The first kappa shape index (κ1) is 13.4. The molecule has 0 radical (unpaired) electrons. The van der Waals surface area contributed by atoms with Crippen molar-refractivity contribution in [3.05, 3.63) is 34.1 Å². The molecule has 0 fully saturated rings. The van der Waals surface area contributed by atoms with Crippen LogP contribution < -0.4 is 0 Å². The Balaban J connectivity index is 2.70. The zero-order chi connectivity index (χ0) is 12.3. The summed E-state index contributed by atoms with van der Waals surface area (Å²) >= 11 is 2.92. The molecule has 90 valence electrons. The molecular formula is C10H9BrF4O. The summed E-state index contributed by atoms with van der Waals surface area (Å²) in [6, 6.07) is 4.03. The zero-order valence-electron chi connectivity index (χ0n) is 8.06. The Morgan fingerprint density at radius 2 is 1.94 bits per heavy atom. The minimum absolute atomic E-state index is 0.0937. The number of rotatable bonds is 3. The van der Waals surface area contributed by atoms with Gasteiger partial charge in [0, 0.05) is 0 Å². The summed E-state index contributed by atoms with van der Waals surface area (Å²) in [6.07, 6.45) is -7.51. The summed E-state index contributed by atoms with van der Waals surface area (Å²) in [6.45, 7) is 0. The lowest BCUT2D eigenvalue weighted by Crippen LogP contribution is -2.21. The van der Waals surface area contributed by atoms with Crippen LogP contribution in [0.3, 0.4) is 0 Å². The molecule has 16 heavy (non-hydrogen) atoms. The number of benzene rings is 1. The van der Waals surface area contributed by atoms with Crippen LogP contribution in [0.2, 0.25) is 0 Å². The molecule has 1 N–H and O–H groups in total. The second-order valence-corrected chi connectivity index (χ2v) is 4.18. The van der Waals surface area contributed by atoms with E-state index in [1.807, 2.05) is 0 Å². The average Bonchev–Trinajstić information content (AvgIpc) is 2.09. The van der Waals surface area contributed by atoms with Gasteiger partial charge in [-0.3, -0.25) is 0 Å². The van der Waals surface area contributed by atoms with Crippen LogP contribution in [0.15, 0.2) is 22.7 Å². The number of hydrogen-bond acceptors (Lipinski definition) is 1. The van der Waals surface area contributed by atoms with Crippen LogP contribution in [0.4, 0.5) is 17.6 Å². The molecule has 6 heteroatoms. The lowest BCUT2D eigenvalue weighted by atomic mass is 10.1. The molecule has 1 nitrogen and oxygen atoms in total. The Bertz CT molecular complexity index is 364. The lowest BCUT2D eigenvalue weighted by molar-refractivity contribution is -0.153. The Morgan fingerprint density at radius 1 is 1.31 bits per heavy atom. The van der Waals surface area contributed by atoms with E-state index in [0.29, 0.717) is 5.56 Å². The van der Waals surface area contributed by atoms with Gasteiger partial charge in [0.05, 0.1) is 17.0 Å². The summed E-state index contributed by atoms with van der Waals surface area (Å²) in [5.41, 5.74) is 0.316. The van der Waals surface area contributed by atoms with Crippen molar-refractivity contribution >= 4 is 15.9 Å². The molecule has 1 aromatic carbocycles. The van der Waals surface area contributed by atoms with Crippen LogP contribution in [-0.4, -0.2) is 17.4 Å². The highest BCUT2D eigenvalue weighted by atomic mass is 79.9. The van der Waals surface area contributed by atoms with Crippen molar-refractivity contribution in [2.45, 2.75) is 25.1 Å². The Morgan fingerprint density at radius 3 is 2.50 bits per heavy atom. The fraction of sp³-hybridized carbons (Fsp3) is 0.400. The highest BCUT2D eigenvalue weighted by Gasteiger charge is 2.31. The predicted octanol–water partition coefficient (Wildman–Crippen LogP) is 3.44. The third-order valence-electron chi connectivity index (χ3n) is 1.95. The maximum Gasteiger partial charge on any atom is 0.391 e. The summed E-state index contributed by atoms with van der Waals surface area (Å²) in [5.74, 6) is -0.559. The number of hydrogen-bond donors (Lipinski definition) is 1. The van der Waals surface area contributed by atoms with E-state index in [-0.39, 0.29) is 10.9 Å². The maximum atomic E-state index is 13.0. The lowest BCUT2D eigenvalue weighted by Gasteiger charge is -2.14. The number of aliphatic hydroxyl groups is 1. The summed E-state index contributed by atoms with van der Waals surface area (Å²) in [4.78, 5) is 0. The van der Waals surface area contributed by atoms with E-state index in [1.54, 1.807) is 0 Å². The molecule has 1 aromatic rings. The monoisotopic (exact) mass is 300 g/mol. The predicted molar refractivity (Wildman–Crippen MR) is 54.5 cm³/mol. The van der Waals surface area contributed by atoms with Crippen molar-refractivity contribution in [2.24, 2.45) is 0 Å². The van der Waals surface area contributed by atoms with Gasteiger partial charge in [0.25, 0.3) is 0 Å². The molecule has 0 heterocycles. The van der Waals surface area contributed by atoms with Gasteiger partial charge in [-0.2, -0.15) is 13.2 Å². The average molecular weight is 301 g/mol. The second kappa shape index (κ2) is 5.14. The van der Waals surface area contributed by atoms with E-state index in [4.69, 9.17) is 0 Å². The molecule has 1 unspecified atom stereocenters. The summed E-state index contributed by atoms with van der Waals surface area (Å²) < 4.78 is 48.9. The quantitative estimate of drug-likeness (QED) is 0.848. The van der Waals surface area contributed by atoms with Gasteiger partial charge in [-0.05, 0) is 34.0 Å². The third-order valence-corrected chi connectivity index (χ3v) is 2.84. The molecule has 1 rings (SSSR count). The topological polar surface area (TPSA) is 20.2 Å². The SMILES string of the molecule is OC(Cc1cccc(F)c1Br)CC(F)(F)F. The molecule has 0 aliphatic carbocycles. The van der Waals surface area contributed by atoms with E-state index < -0.39 is 24.5 Å². The van der Waals surface area contributed by atoms with Crippen LogP contribution in [0.5, 0.6) is 0 Å². The van der Waals surface area contributed by atoms with E-state index in [0.717, 1.165) is 0 Å². The fourth-order valence-electron chi connectivity index (χ4n) is 1.30. The van der Waals surface area contributed by atoms with Crippen LogP contribution in [0.1, 0.15) is 12.0 Å².